The molecule has 0 spiro atoms. The summed E-state index contributed by atoms with van der Waals surface area (Å²) in [5, 5.41) is 0. The smallest absolute Gasteiger partial charge is 0.251 e. The van der Waals surface area contributed by atoms with Gasteiger partial charge in [0.15, 0.2) is 4.77 Å². The van der Waals surface area contributed by atoms with E-state index in [1.807, 2.05) is 19.1 Å². The Kier molecular flexibility index (Phi) is 2.96. The molecule has 2 aromatic rings. The maximum Gasteiger partial charge on any atom is 0.251 e. The van der Waals surface area contributed by atoms with Crippen molar-refractivity contribution in [3.8, 4) is 0 Å². The summed E-state index contributed by atoms with van der Waals surface area (Å²) in [5.41, 5.74) is 1.88. The van der Waals surface area contributed by atoms with Gasteiger partial charge in [-0.1, -0.05) is 6.07 Å². The summed E-state index contributed by atoms with van der Waals surface area (Å²) in [6.45, 7) is 2.57. The molecule has 0 aliphatic rings. The summed E-state index contributed by atoms with van der Waals surface area (Å²) in [4.78, 5) is 17.9. The third kappa shape index (κ3) is 2.25. The normalized spacial score (nSPS) is 10.3. The van der Waals surface area contributed by atoms with Crippen LogP contribution >= 0.6 is 12.2 Å². The van der Waals surface area contributed by atoms with Crippen LogP contribution in [0.5, 0.6) is 0 Å². The first kappa shape index (κ1) is 10.8. The van der Waals surface area contributed by atoms with Crippen molar-refractivity contribution in [2.45, 2.75) is 13.5 Å². The van der Waals surface area contributed by atoms with E-state index >= 15 is 0 Å². The third-order valence-electron chi connectivity index (χ3n) is 2.33. The van der Waals surface area contributed by atoms with E-state index in [0.717, 1.165) is 11.3 Å². The molecule has 0 aliphatic carbocycles. The molecule has 2 aromatic heterocycles. The van der Waals surface area contributed by atoms with Gasteiger partial charge in [-0.05, 0) is 30.8 Å². The van der Waals surface area contributed by atoms with E-state index in [9.17, 15) is 4.79 Å². The topological polar surface area (TPSA) is 50.7 Å². The van der Waals surface area contributed by atoms with E-state index in [1.165, 1.54) is 6.07 Å². The predicted molar refractivity (Wildman–Crippen MR) is 64.0 cm³/mol. The minimum Gasteiger partial charge on any atom is -0.319 e. The SMILES string of the molecule is Cc1cccnc1Cn1ccc(=O)[nH]c1=S. The van der Waals surface area contributed by atoms with Gasteiger partial charge in [-0.15, -0.1) is 0 Å². The van der Waals surface area contributed by atoms with E-state index in [1.54, 1.807) is 17.0 Å². The maximum atomic E-state index is 11.0. The first-order valence-corrected chi connectivity index (χ1v) is 5.28. The molecule has 0 aromatic carbocycles. The van der Waals surface area contributed by atoms with Gasteiger partial charge in [0.1, 0.15) is 0 Å². The number of hydrogen-bond donors (Lipinski definition) is 1. The van der Waals surface area contributed by atoms with Crippen LogP contribution in [0.4, 0.5) is 0 Å². The summed E-state index contributed by atoms with van der Waals surface area (Å²) in [7, 11) is 0. The standard InChI is InChI=1S/C11H11N3OS/c1-8-3-2-5-12-9(8)7-14-6-4-10(15)13-11(14)16/h2-6H,7H2,1H3,(H,13,15,16). The van der Waals surface area contributed by atoms with E-state index in [2.05, 4.69) is 9.97 Å². The Labute approximate surface area is 97.6 Å². The molecule has 2 heterocycles. The van der Waals surface area contributed by atoms with Gasteiger partial charge in [-0.2, -0.15) is 0 Å². The van der Waals surface area contributed by atoms with Crippen molar-refractivity contribution in [3.05, 3.63) is 57.0 Å². The molecular formula is C11H11N3OS. The maximum absolute atomic E-state index is 11.0. The predicted octanol–water partition coefficient (Wildman–Crippen LogP) is 1.66. The second-order valence-electron chi connectivity index (χ2n) is 3.51. The highest BCUT2D eigenvalue weighted by molar-refractivity contribution is 7.71. The number of aromatic nitrogens is 3. The first-order valence-electron chi connectivity index (χ1n) is 4.87. The van der Waals surface area contributed by atoms with Crippen molar-refractivity contribution in [2.24, 2.45) is 0 Å². The molecule has 0 unspecified atom stereocenters. The lowest BCUT2D eigenvalue weighted by molar-refractivity contribution is 0.723. The summed E-state index contributed by atoms with van der Waals surface area (Å²) >= 11 is 5.06. The van der Waals surface area contributed by atoms with E-state index in [-0.39, 0.29) is 5.56 Å². The van der Waals surface area contributed by atoms with Crippen LogP contribution in [0.15, 0.2) is 35.4 Å². The number of pyridine rings is 1. The number of H-pyrrole nitrogens is 1. The monoisotopic (exact) mass is 233 g/mol. The third-order valence-corrected chi connectivity index (χ3v) is 2.67. The number of rotatable bonds is 2. The number of nitrogens with zero attached hydrogens (tertiary/aromatic N) is 2. The molecule has 0 radical (unpaired) electrons. The van der Waals surface area contributed by atoms with Gasteiger partial charge in [0.25, 0.3) is 5.56 Å². The highest BCUT2D eigenvalue weighted by Crippen LogP contribution is 2.05. The van der Waals surface area contributed by atoms with Crippen LogP contribution in [0.25, 0.3) is 0 Å². The quantitative estimate of drug-likeness (QED) is 0.802. The van der Waals surface area contributed by atoms with Crippen molar-refractivity contribution >= 4 is 12.2 Å². The lowest BCUT2D eigenvalue weighted by atomic mass is 10.2. The van der Waals surface area contributed by atoms with Crippen LogP contribution < -0.4 is 5.56 Å². The minimum absolute atomic E-state index is 0.181. The number of aryl methyl sites for hydroxylation is 1. The molecule has 16 heavy (non-hydrogen) atoms. The molecule has 4 nitrogen and oxygen atoms in total. The van der Waals surface area contributed by atoms with Gasteiger partial charge in [0.2, 0.25) is 0 Å². The molecule has 1 N–H and O–H groups in total. The van der Waals surface area contributed by atoms with Gasteiger partial charge in [0, 0.05) is 18.5 Å². The first-order chi connectivity index (χ1) is 7.66. The fourth-order valence-corrected chi connectivity index (χ4v) is 1.64. The van der Waals surface area contributed by atoms with Gasteiger partial charge < -0.3 is 4.57 Å². The summed E-state index contributed by atoms with van der Waals surface area (Å²) in [6, 6.07) is 5.34. The van der Waals surface area contributed by atoms with E-state index < -0.39 is 0 Å². The van der Waals surface area contributed by atoms with Crippen molar-refractivity contribution in [3.63, 3.8) is 0 Å². The van der Waals surface area contributed by atoms with Gasteiger partial charge in [-0.25, -0.2) is 0 Å². The Bertz CT molecular complexity index is 615. The van der Waals surface area contributed by atoms with Crippen LogP contribution in [0.3, 0.4) is 0 Å². The van der Waals surface area contributed by atoms with Crippen molar-refractivity contribution < 1.29 is 0 Å². The Morgan fingerprint density at radius 1 is 1.50 bits per heavy atom. The lowest BCUT2D eigenvalue weighted by Gasteiger charge is -2.07. The molecule has 0 aliphatic heterocycles. The van der Waals surface area contributed by atoms with Crippen molar-refractivity contribution in [1.82, 2.24) is 14.5 Å². The average molecular weight is 233 g/mol. The Morgan fingerprint density at radius 2 is 2.31 bits per heavy atom. The van der Waals surface area contributed by atoms with Gasteiger partial charge in [0.05, 0.1) is 12.2 Å². The number of hydrogen-bond acceptors (Lipinski definition) is 3. The van der Waals surface area contributed by atoms with E-state index in [4.69, 9.17) is 12.2 Å². The summed E-state index contributed by atoms with van der Waals surface area (Å²) in [6.07, 6.45) is 3.42. The highest BCUT2D eigenvalue weighted by Gasteiger charge is 2.00. The Morgan fingerprint density at radius 3 is 3.00 bits per heavy atom. The molecule has 2 rings (SSSR count). The molecule has 0 atom stereocenters. The van der Waals surface area contributed by atoms with Crippen LogP contribution in [0.2, 0.25) is 0 Å². The molecule has 0 amide bonds. The van der Waals surface area contributed by atoms with Gasteiger partial charge in [-0.3, -0.25) is 14.8 Å². The largest absolute Gasteiger partial charge is 0.319 e. The lowest BCUT2D eigenvalue weighted by Crippen LogP contribution is -2.12. The molecule has 0 bridgehead atoms. The fraction of sp³-hybridized carbons (Fsp3) is 0.182. The molecular weight excluding hydrogens is 222 g/mol. The average Bonchev–Trinajstić information content (AvgIpc) is 2.25. The fourth-order valence-electron chi connectivity index (χ4n) is 1.41. The summed E-state index contributed by atoms with van der Waals surface area (Å²) < 4.78 is 2.20. The Balaban J connectivity index is 2.38. The van der Waals surface area contributed by atoms with Gasteiger partial charge >= 0.3 is 0 Å². The van der Waals surface area contributed by atoms with Crippen LogP contribution in [-0.4, -0.2) is 14.5 Å². The van der Waals surface area contributed by atoms with Crippen LogP contribution in [0, 0.1) is 11.7 Å². The van der Waals surface area contributed by atoms with Crippen LogP contribution in [0.1, 0.15) is 11.3 Å². The minimum atomic E-state index is -0.181. The molecule has 0 fully saturated rings. The van der Waals surface area contributed by atoms with Crippen molar-refractivity contribution in [2.75, 3.05) is 0 Å². The second-order valence-corrected chi connectivity index (χ2v) is 3.89. The zero-order valence-electron chi connectivity index (χ0n) is 8.80. The molecule has 0 saturated carbocycles. The van der Waals surface area contributed by atoms with E-state index in [0.29, 0.717) is 11.3 Å². The second kappa shape index (κ2) is 4.40. The molecule has 82 valence electrons. The Hall–Kier alpha value is -1.75. The number of aromatic amines is 1. The van der Waals surface area contributed by atoms with Crippen LogP contribution in [-0.2, 0) is 6.54 Å². The zero-order valence-corrected chi connectivity index (χ0v) is 9.62. The number of nitrogens with one attached hydrogen (secondary N) is 1. The zero-order chi connectivity index (χ0) is 11.5. The van der Waals surface area contributed by atoms with Crippen molar-refractivity contribution in [1.29, 1.82) is 0 Å². The summed E-state index contributed by atoms with van der Waals surface area (Å²) in [5.74, 6) is 0. The highest BCUT2D eigenvalue weighted by atomic mass is 32.1. The molecule has 0 saturated heterocycles. The molecule has 5 heteroatoms.